The molecule has 15 heavy (non-hydrogen) atoms. The molecular formula is C9H10ClF2NO2. The Bertz CT molecular complexity index is 347. The smallest absolute Gasteiger partial charge is 0.284 e. The third kappa shape index (κ3) is 2.54. The van der Waals surface area contributed by atoms with Gasteiger partial charge in [0.25, 0.3) is 6.43 Å². The van der Waals surface area contributed by atoms with Crippen molar-refractivity contribution in [2.24, 2.45) is 0 Å². The van der Waals surface area contributed by atoms with E-state index < -0.39 is 12.1 Å². The van der Waals surface area contributed by atoms with E-state index in [0.717, 1.165) is 0 Å². The fourth-order valence-electron chi connectivity index (χ4n) is 1.16. The van der Waals surface area contributed by atoms with Crippen molar-refractivity contribution in [3.05, 3.63) is 23.0 Å². The molecule has 0 aliphatic rings. The van der Waals surface area contributed by atoms with Gasteiger partial charge in [0.1, 0.15) is 11.4 Å². The minimum absolute atomic E-state index is 0.0282. The third-order valence-electron chi connectivity index (χ3n) is 1.91. The highest BCUT2D eigenvalue weighted by Gasteiger charge is 2.18. The van der Waals surface area contributed by atoms with Gasteiger partial charge in [-0.15, -0.1) is 11.6 Å². The zero-order valence-corrected chi connectivity index (χ0v) is 8.76. The average molecular weight is 238 g/mol. The average Bonchev–Trinajstić information content (AvgIpc) is 2.26. The molecule has 6 heteroatoms. The molecule has 84 valence electrons. The number of aliphatic hydroxyl groups is 1. The maximum atomic E-state index is 12.5. The third-order valence-corrected chi connectivity index (χ3v) is 2.16. The lowest BCUT2D eigenvalue weighted by atomic mass is 10.2. The van der Waals surface area contributed by atoms with E-state index in [2.05, 4.69) is 4.98 Å². The molecule has 1 aromatic heterocycles. The highest BCUT2D eigenvalue weighted by atomic mass is 35.5. The van der Waals surface area contributed by atoms with Crippen LogP contribution in [0.2, 0.25) is 0 Å². The van der Waals surface area contributed by atoms with Crippen LogP contribution in [-0.4, -0.2) is 17.2 Å². The number of ether oxygens (including phenoxy) is 1. The van der Waals surface area contributed by atoms with Crippen LogP contribution in [-0.2, 0) is 12.5 Å². The minimum Gasteiger partial charge on any atom is -0.495 e. The summed E-state index contributed by atoms with van der Waals surface area (Å²) in [5.74, 6) is -0.0671. The molecule has 0 unspecified atom stereocenters. The minimum atomic E-state index is -2.73. The molecule has 0 aliphatic carbocycles. The number of pyridine rings is 1. The van der Waals surface area contributed by atoms with Gasteiger partial charge in [-0.2, -0.15) is 0 Å². The molecular weight excluding hydrogens is 228 g/mol. The summed E-state index contributed by atoms with van der Waals surface area (Å²) in [5, 5.41) is 8.96. The number of rotatable bonds is 4. The highest BCUT2D eigenvalue weighted by Crippen LogP contribution is 2.29. The predicted octanol–water partition coefficient (Wildman–Crippen LogP) is 2.26. The molecule has 0 fully saturated rings. The summed E-state index contributed by atoms with van der Waals surface area (Å²) in [4.78, 5) is 3.67. The summed E-state index contributed by atoms with van der Waals surface area (Å²) in [5.41, 5.74) is 0.187. The van der Waals surface area contributed by atoms with E-state index in [1.54, 1.807) is 0 Å². The number of aliphatic hydroxyl groups excluding tert-OH is 1. The molecule has 1 heterocycles. The predicted molar refractivity (Wildman–Crippen MR) is 51.2 cm³/mol. The Kier molecular flexibility index (Phi) is 4.23. The summed E-state index contributed by atoms with van der Waals surface area (Å²) in [6, 6.07) is 1.33. The molecule has 0 aliphatic heterocycles. The lowest BCUT2D eigenvalue weighted by Crippen LogP contribution is -2.03. The van der Waals surface area contributed by atoms with Crippen molar-refractivity contribution in [2.75, 3.05) is 7.11 Å². The van der Waals surface area contributed by atoms with Crippen molar-refractivity contribution in [1.82, 2.24) is 4.98 Å². The van der Waals surface area contributed by atoms with Crippen molar-refractivity contribution in [3.8, 4) is 5.75 Å². The molecule has 0 saturated heterocycles. The van der Waals surface area contributed by atoms with Gasteiger partial charge in [-0.3, -0.25) is 0 Å². The molecule has 0 spiro atoms. The molecule has 0 atom stereocenters. The van der Waals surface area contributed by atoms with E-state index in [9.17, 15) is 8.78 Å². The van der Waals surface area contributed by atoms with Gasteiger partial charge in [-0.25, -0.2) is 13.8 Å². The Morgan fingerprint density at radius 3 is 2.67 bits per heavy atom. The molecule has 0 aromatic carbocycles. The maximum absolute atomic E-state index is 12.5. The molecule has 0 radical (unpaired) electrons. The number of methoxy groups -OCH3 is 1. The molecule has 1 aromatic rings. The van der Waals surface area contributed by atoms with Gasteiger partial charge >= 0.3 is 0 Å². The zero-order valence-electron chi connectivity index (χ0n) is 8.01. The fraction of sp³-hybridized carbons (Fsp3) is 0.444. The van der Waals surface area contributed by atoms with Crippen LogP contribution >= 0.6 is 11.6 Å². The Morgan fingerprint density at radius 1 is 1.60 bits per heavy atom. The van der Waals surface area contributed by atoms with Gasteiger partial charge in [-0.1, -0.05) is 0 Å². The standard InChI is InChI=1S/C9H10ClF2NO2/c1-15-7-2-5(4-14)6(3-10)13-8(7)9(11)12/h2,9,14H,3-4H2,1H3. The van der Waals surface area contributed by atoms with Crippen molar-refractivity contribution >= 4 is 11.6 Å². The second-order valence-electron chi connectivity index (χ2n) is 2.77. The number of alkyl halides is 3. The van der Waals surface area contributed by atoms with E-state index in [-0.39, 0.29) is 23.9 Å². The number of hydrogen-bond donors (Lipinski definition) is 1. The largest absolute Gasteiger partial charge is 0.495 e. The lowest BCUT2D eigenvalue weighted by molar-refractivity contribution is 0.141. The molecule has 0 amide bonds. The first kappa shape index (κ1) is 12.1. The van der Waals surface area contributed by atoms with Crippen LogP contribution < -0.4 is 4.74 Å². The number of halogens is 3. The van der Waals surface area contributed by atoms with E-state index in [0.29, 0.717) is 5.56 Å². The van der Waals surface area contributed by atoms with E-state index >= 15 is 0 Å². The molecule has 1 N–H and O–H groups in total. The second kappa shape index (κ2) is 5.23. The van der Waals surface area contributed by atoms with Crippen LogP contribution in [0.15, 0.2) is 6.07 Å². The van der Waals surface area contributed by atoms with Crippen LogP contribution in [0.4, 0.5) is 8.78 Å². The zero-order chi connectivity index (χ0) is 11.4. The van der Waals surface area contributed by atoms with Crippen LogP contribution in [0.1, 0.15) is 23.4 Å². The van der Waals surface area contributed by atoms with Gasteiger partial charge in [0.05, 0.1) is 25.3 Å². The Labute approximate surface area is 90.7 Å². The lowest BCUT2D eigenvalue weighted by Gasteiger charge is -2.11. The van der Waals surface area contributed by atoms with Crippen LogP contribution in [0, 0.1) is 0 Å². The first-order chi connectivity index (χ1) is 7.13. The summed E-state index contributed by atoms with van der Waals surface area (Å²) in [6.07, 6.45) is -2.73. The Balaban J connectivity index is 3.27. The normalized spacial score (nSPS) is 10.8. The van der Waals surface area contributed by atoms with Gasteiger partial charge in [-0.05, 0) is 6.07 Å². The Morgan fingerprint density at radius 2 is 2.27 bits per heavy atom. The SMILES string of the molecule is COc1cc(CO)c(CCl)nc1C(F)F. The maximum Gasteiger partial charge on any atom is 0.284 e. The fourth-order valence-corrected chi connectivity index (χ4v) is 1.39. The quantitative estimate of drug-likeness (QED) is 0.817. The monoisotopic (exact) mass is 237 g/mol. The van der Waals surface area contributed by atoms with E-state index in [1.165, 1.54) is 13.2 Å². The summed E-state index contributed by atoms with van der Waals surface area (Å²) < 4.78 is 29.8. The summed E-state index contributed by atoms with van der Waals surface area (Å²) in [6.45, 7) is -0.311. The van der Waals surface area contributed by atoms with Crippen molar-refractivity contribution < 1.29 is 18.6 Å². The summed E-state index contributed by atoms with van der Waals surface area (Å²) in [7, 11) is 1.27. The first-order valence-corrected chi connectivity index (χ1v) is 4.69. The number of nitrogens with zero attached hydrogens (tertiary/aromatic N) is 1. The van der Waals surface area contributed by atoms with E-state index in [1.807, 2.05) is 0 Å². The van der Waals surface area contributed by atoms with E-state index in [4.69, 9.17) is 21.4 Å². The van der Waals surface area contributed by atoms with Crippen molar-refractivity contribution in [2.45, 2.75) is 18.9 Å². The van der Waals surface area contributed by atoms with Crippen LogP contribution in [0.5, 0.6) is 5.75 Å². The molecule has 0 bridgehead atoms. The van der Waals surface area contributed by atoms with Crippen LogP contribution in [0.3, 0.4) is 0 Å². The van der Waals surface area contributed by atoms with Gasteiger partial charge in [0.2, 0.25) is 0 Å². The van der Waals surface area contributed by atoms with Gasteiger partial charge in [0.15, 0.2) is 0 Å². The first-order valence-electron chi connectivity index (χ1n) is 4.15. The van der Waals surface area contributed by atoms with Crippen molar-refractivity contribution in [3.63, 3.8) is 0 Å². The Hall–Kier alpha value is -0.940. The molecule has 0 saturated carbocycles. The number of aromatic nitrogens is 1. The van der Waals surface area contributed by atoms with Gasteiger partial charge < -0.3 is 9.84 Å². The highest BCUT2D eigenvalue weighted by molar-refractivity contribution is 6.17. The summed E-state index contributed by atoms with van der Waals surface area (Å²) >= 11 is 5.52. The number of hydrogen-bond acceptors (Lipinski definition) is 3. The van der Waals surface area contributed by atoms with Crippen LogP contribution in [0.25, 0.3) is 0 Å². The van der Waals surface area contributed by atoms with Crippen molar-refractivity contribution in [1.29, 1.82) is 0 Å². The molecule has 1 rings (SSSR count). The molecule has 3 nitrogen and oxygen atoms in total. The topological polar surface area (TPSA) is 42.4 Å². The van der Waals surface area contributed by atoms with Gasteiger partial charge in [0, 0.05) is 5.56 Å². The second-order valence-corrected chi connectivity index (χ2v) is 3.04.